The highest BCUT2D eigenvalue weighted by atomic mass is 35.5. The molecule has 2 aromatic rings. The number of rotatable bonds is 6. The lowest BCUT2D eigenvalue weighted by Gasteiger charge is -2.34. The molecule has 0 spiro atoms. The van der Waals surface area contributed by atoms with Gasteiger partial charge >= 0.3 is 0 Å². The number of fused-ring (bicyclic) bond motifs is 2. The average Bonchev–Trinajstić information content (AvgIpc) is 3.23. The summed E-state index contributed by atoms with van der Waals surface area (Å²) in [4.78, 5) is 12.8. The van der Waals surface area contributed by atoms with Crippen molar-refractivity contribution in [2.75, 3.05) is 24.5 Å². The van der Waals surface area contributed by atoms with Gasteiger partial charge in [-0.2, -0.15) is 0 Å². The number of nitrogens with zero attached hydrogens (tertiary/aromatic N) is 4. The Morgan fingerprint density at radius 3 is 2.37 bits per heavy atom. The van der Waals surface area contributed by atoms with Crippen LogP contribution in [-0.4, -0.2) is 51.7 Å². The highest BCUT2D eigenvalue weighted by Crippen LogP contribution is 2.33. The Morgan fingerprint density at radius 2 is 1.74 bits per heavy atom. The SMILES string of the molecule is Cl.OC(CCCN1C[C@H]2C[C@@H]1CN2c1ncc(F)cn1)c1ccc(F)cc1. The van der Waals surface area contributed by atoms with Crippen molar-refractivity contribution >= 4 is 18.4 Å². The minimum absolute atomic E-state index is 0. The van der Waals surface area contributed by atoms with Crippen molar-refractivity contribution < 1.29 is 13.9 Å². The molecule has 2 fully saturated rings. The molecule has 0 radical (unpaired) electrons. The molecule has 8 heteroatoms. The Bertz CT molecular complexity index is 746. The summed E-state index contributed by atoms with van der Waals surface area (Å²) in [6, 6.07) is 6.86. The predicted octanol–water partition coefficient (Wildman–Crippen LogP) is 2.95. The summed E-state index contributed by atoms with van der Waals surface area (Å²) in [5, 5.41) is 10.2. The van der Waals surface area contributed by atoms with Crippen LogP contribution >= 0.6 is 12.4 Å². The van der Waals surface area contributed by atoms with Crippen LogP contribution in [-0.2, 0) is 0 Å². The third-order valence-corrected chi connectivity index (χ3v) is 5.40. The number of anilines is 1. The number of halogens is 3. The molecule has 2 bridgehead atoms. The summed E-state index contributed by atoms with van der Waals surface area (Å²) < 4.78 is 25.9. The number of aromatic nitrogens is 2. The smallest absolute Gasteiger partial charge is 0.225 e. The monoisotopic (exact) mass is 396 g/mol. The van der Waals surface area contributed by atoms with Gasteiger partial charge in [0.25, 0.3) is 0 Å². The van der Waals surface area contributed by atoms with Crippen LogP contribution < -0.4 is 4.90 Å². The summed E-state index contributed by atoms with van der Waals surface area (Å²) in [5.41, 5.74) is 0.758. The van der Waals surface area contributed by atoms with E-state index in [9.17, 15) is 13.9 Å². The largest absolute Gasteiger partial charge is 0.388 e. The predicted molar refractivity (Wildman–Crippen MR) is 101 cm³/mol. The van der Waals surface area contributed by atoms with Gasteiger partial charge in [-0.15, -0.1) is 12.4 Å². The molecule has 146 valence electrons. The van der Waals surface area contributed by atoms with Crippen molar-refractivity contribution in [2.45, 2.75) is 37.5 Å². The van der Waals surface area contributed by atoms with Crippen LogP contribution in [0.2, 0.25) is 0 Å². The Morgan fingerprint density at radius 1 is 1.04 bits per heavy atom. The lowest BCUT2D eigenvalue weighted by molar-refractivity contribution is 0.151. The van der Waals surface area contributed by atoms with Gasteiger partial charge in [-0.25, -0.2) is 18.7 Å². The van der Waals surface area contributed by atoms with Gasteiger partial charge in [0.1, 0.15) is 5.82 Å². The van der Waals surface area contributed by atoms with Crippen molar-refractivity contribution in [3.05, 3.63) is 53.9 Å². The molecule has 2 aliphatic rings. The quantitative estimate of drug-likeness (QED) is 0.813. The first-order chi connectivity index (χ1) is 12.6. The van der Waals surface area contributed by atoms with Gasteiger partial charge in [0.2, 0.25) is 5.95 Å². The second-order valence-corrected chi connectivity index (χ2v) is 7.10. The fourth-order valence-corrected chi connectivity index (χ4v) is 4.06. The third-order valence-electron chi connectivity index (χ3n) is 5.40. The molecule has 1 aromatic heterocycles. The van der Waals surface area contributed by atoms with Gasteiger partial charge in [0, 0.05) is 25.2 Å². The van der Waals surface area contributed by atoms with E-state index in [1.807, 2.05) is 0 Å². The lowest BCUT2D eigenvalue weighted by atomic mass is 10.0. The molecule has 0 aliphatic carbocycles. The van der Waals surface area contributed by atoms with Gasteiger partial charge < -0.3 is 10.0 Å². The van der Waals surface area contributed by atoms with Crippen LogP contribution in [0.5, 0.6) is 0 Å². The molecular formula is C19H23ClF2N4O. The summed E-state index contributed by atoms with van der Waals surface area (Å²) in [7, 11) is 0. The molecule has 0 amide bonds. The first-order valence-corrected chi connectivity index (χ1v) is 9.02. The van der Waals surface area contributed by atoms with Crippen LogP contribution in [0.3, 0.4) is 0 Å². The molecule has 2 saturated heterocycles. The minimum Gasteiger partial charge on any atom is -0.388 e. The molecule has 3 heterocycles. The number of hydrogen-bond donors (Lipinski definition) is 1. The van der Waals surface area contributed by atoms with E-state index in [-0.39, 0.29) is 18.2 Å². The average molecular weight is 397 g/mol. The Balaban J connectivity index is 0.00000210. The zero-order valence-corrected chi connectivity index (χ0v) is 15.7. The van der Waals surface area contributed by atoms with E-state index in [0.717, 1.165) is 38.0 Å². The maximum atomic E-state index is 13.0. The standard InChI is InChI=1S/C19H22F2N4O.ClH/c20-14-5-3-13(4-6-14)18(26)2-1-7-24-11-17-8-16(24)12-25(17)19-22-9-15(21)10-23-19;/h3-6,9-10,16-18,26H,1-2,7-8,11-12H2;1H/t16-,17-,18?;/m1./s1. The fourth-order valence-electron chi connectivity index (χ4n) is 4.06. The lowest BCUT2D eigenvalue weighted by Crippen LogP contribution is -2.47. The Labute approximate surface area is 163 Å². The second kappa shape index (κ2) is 8.46. The fraction of sp³-hybridized carbons (Fsp3) is 0.474. The van der Waals surface area contributed by atoms with Gasteiger partial charge in [-0.05, 0) is 43.5 Å². The minimum atomic E-state index is -0.556. The zero-order chi connectivity index (χ0) is 18.1. The van der Waals surface area contributed by atoms with Crippen molar-refractivity contribution in [2.24, 2.45) is 0 Å². The molecule has 1 N–H and O–H groups in total. The molecular weight excluding hydrogens is 374 g/mol. The number of aliphatic hydroxyl groups is 1. The highest BCUT2D eigenvalue weighted by Gasteiger charge is 2.43. The van der Waals surface area contributed by atoms with E-state index in [4.69, 9.17) is 0 Å². The topological polar surface area (TPSA) is 52.5 Å². The molecule has 1 unspecified atom stereocenters. The second-order valence-electron chi connectivity index (χ2n) is 7.10. The van der Waals surface area contributed by atoms with Crippen LogP contribution in [0.15, 0.2) is 36.7 Å². The number of likely N-dealkylation sites (tertiary alicyclic amines) is 1. The molecule has 5 nitrogen and oxygen atoms in total. The van der Waals surface area contributed by atoms with E-state index >= 15 is 0 Å². The molecule has 3 atom stereocenters. The van der Waals surface area contributed by atoms with E-state index in [1.165, 1.54) is 24.5 Å². The Kier molecular flexibility index (Phi) is 6.24. The molecule has 0 saturated carbocycles. The maximum Gasteiger partial charge on any atom is 0.225 e. The van der Waals surface area contributed by atoms with Crippen molar-refractivity contribution in [3.8, 4) is 0 Å². The van der Waals surface area contributed by atoms with Crippen LogP contribution in [0.1, 0.15) is 30.9 Å². The van der Waals surface area contributed by atoms with E-state index in [2.05, 4.69) is 19.8 Å². The maximum absolute atomic E-state index is 13.0. The summed E-state index contributed by atoms with van der Waals surface area (Å²) in [6.07, 6.45) is 4.48. The van der Waals surface area contributed by atoms with Gasteiger partial charge in [0.05, 0.1) is 18.5 Å². The van der Waals surface area contributed by atoms with Crippen molar-refractivity contribution in [3.63, 3.8) is 0 Å². The summed E-state index contributed by atoms with van der Waals surface area (Å²) in [6.45, 7) is 2.73. The highest BCUT2D eigenvalue weighted by molar-refractivity contribution is 5.85. The first-order valence-electron chi connectivity index (χ1n) is 9.02. The van der Waals surface area contributed by atoms with E-state index in [0.29, 0.717) is 24.5 Å². The van der Waals surface area contributed by atoms with Crippen LogP contribution in [0.25, 0.3) is 0 Å². The summed E-state index contributed by atoms with van der Waals surface area (Å²) in [5.74, 6) is -0.103. The van der Waals surface area contributed by atoms with Crippen LogP contribution in [0, 0.1) is 11.6 Å². The molecule has 2 aliphatic heterocycles. The van der Waals surface area contributed by atoms with E-state index < -0.39 is 11.9 Å². The van der Waals surface area contributed by atoms with Gasteiger partial charge in [-0.3, -0.25) is 4.90 Å². The van der Waals surface area contributed by atoms with E-state index in [1.54, 1.807) is 12.1 Å². The number of aliphatic hydroxyl groups excluding tert-OH is 1. The number of benzene rings is 1. The first kappa shape index (κ1) is 19.9. The van der Waals surface area contributed by atoms with Crippen molar-refractivity contribution in [1.82, 2.24) is 14.9 Å². The van der Waals surface area contributed by atoms with Gasteiger partial charge in [-0.1, -0.05) is 12.1 Å². The van der Waals surface area contributed by atoms with Crippen LogP contribution in [0.4, 0.5) is 14.7 Å². The number of piperazine rings is 1. The molecule has 4 rings (SSSR count). The Hall–Kier alpha value is -1.83. The molecule has 27 heavy (non-hydrogen) atoms. The number of hydrogen-bond acceptors (Lipinski definition) is 5. The molecule has 1 aromatic carbocycles. The van der Waals surface area contributed by atoms with Crippen molar-refractivity contribution in [1.29, 1.82) is 0 Å². The summed E-state index contributed by atoms with van der Waals surface area (Å²) >= 11 is 0. The zero-order valence-electron chi connectivity index (χ0n) is 14.8. The van der Waals surface area contributed by atoms with Gasteiger partial charge in [0.15, 0.2) is 5.82 Å². The third kappa shape index (κ3) is 4.36. The normalized spacial score (nSPS) is 22.7.